The summed E-state index contributed by atoms with van der Waals surface area (Å²) in [6, 6.07) is 63.8. The van der Waals surface area contributed by atoms with Gasteiger partial charge in [0.25, 0.3) is 22.8 Å². The van der Waals surface area contributed by atoms with Crippen LogP contribution in [0.5, 0.6) is 0 Å². The van der Waals surface area contributed by atoms with Gasteiger partial charge in [-0.05, 0) is 125 Å². The van der Waals surface area contributed by atoms with E-state index in [0.717, 1.165) is 51.0 Å². The lowest BCUT2D eigenvalue weighted by Gasteiger charge is -2.21. The van der Waals surface area contributed by atoms with Crippen molar-refractivity contribution in [2.24, 2.45) is 35.2 Å². The average Bonchev–Trinajstić information content (AvgIpc) is 1.65. The molecule has 16 nitrogen and oxygen atoms in total. The number of nitrogens with zero attached hydrogens (tertiary/aromatic N) is 11. The Bertz CT molecular complexity index is 6590. The minimum absolute atomic E-state index is 0.0402. The minimum Gasteiger partial charge on any atom is -0.412 e. The Labute approximate surface area is 687 Å². The van der Waals surface area contributed by atoms with Gasteiger partial charge in [0.1, 0.15) is 35.2 Å². The summed E-state index contributed by atoms with van der Waals surface area (Å²) in [5.41, 5.74) is 36.2. The molecule has 0 amide bonds. The van der Waals surface area contributed by atoms with E-state index >= 15 is 0 Å². The van der Waals surface area contributed by atoms with E-state index in [0.29, 0.717) is 5.69 Å². The highest BCUT2D eigenvalue weighted by atomic mass is 16.3. The van der Waals surface area contributed by atoms with E-state index in [1.165, 1.54) is 134 Å². The lowest BCUT2D eigenvalue weighted by Crippen LogP contribution is -2.37. The predicted molar refractivity (Wildman–Crippen MR) is 456 cm³/mol. The van der Waals surface area contributed by atoms with E-state index in [-0.39, 0.29) is 5.41 Å². The van der Waals surface area contributed by atoms with Crippen molar-refractivity contribution in [3.63, 3.8) is 0 Å². The number of hydrogen-bond donors (Lipinski definition) is 0. The van der Waals surface area contributed by atoms with E-state index in [9.17, 15) is 0 Å². The highest BCUT2D eigenvalue weighted by molar-refractivity contribution is 5.98. The summed E-state index contributed by atoms with van der Waals surface area (Å²) in [5, 5.41) is 3.71. The molecule has 17 rings (SSSR count). The van der Waals surface area contributed by atoms with E-state index in [4.69, 9.17) is 28.7 Å². The molecule has 0 aliphatic heterocycles. The van der Waals surface area contributed by atoms with Crippen LogP contribution in [0.4, 0.5) is 5.69 Å². The van der Waals surface area contributed by atoms with Crippen molar-refractivity contribution in [2.75, 3.05) is 0 Å². The van der Waals surface area contributed by atoms with Crippen LogP contribution in [0.2, 0.25) is 0 Å². The number of aryl methyl sites for hydroxylation is 13. The smallest absolute Gasteiger partial charge is 0.334 e. The molecule has 0 radical (unpaired) electrons. The quantitative estimate of drug-likeness (QED) is 0.100. The average molecular weight is 1560 g/mol. The summed E-state index contributed by atoms with van der Waals surface area (Å²) in [6.07, 6.45) is 25.9. The standard InChI is InChI=1S/C25H28N2O.C21H20N2O.C19H22N2O.C18H17N3O.C18H20N2O/c1-17-11-12-19-9-7-8-10-22(19)27(17)23-14-20(25(3,4)5)13-21(18(23)2)24-15-28-16-26(24)6;1-15-8-6-7-11-23(15)19-12-17-9-4-5-10-18(17)21(16(19)2)20-13-24-14-22(20)3;1-13-10-14(2)19(21-9-7-6-8-15(21)3)16(4)18(13)17-11-22-12-20(17)5;1-13-7-5-6-8-21(13)17-10-15(19-3)9-16(14(17)2)18-11-22-12-20(18)4;1-13-9-16(18-11-21-12-19(18)4)15(3)17(10-13)20-8-6-5-7-14(20)2/h7-16H,1-6H3;4-14H,1-3H3;6-12H,1-5H3;5-12H,1-2,4H3;5-12H,1-4H3/q5*+2. The number of rotatable bonds is 10. The molecule has 0 unspecified atom stereocenters. The van der Waals surface area contributed by atoms with Crippen LogP contribution in [0.3, 0.4) is 0 Å². The van der Waals surface area contributed by atoms with Gasteiger partial charge in [-0.1, -0.05) is 81.4 Å². The molecule has 17 aromatic rings. The highest BCUT2D eigenvalue weighted by Crippen LogP contribution is 2.37. The molecule has 0 aliphatic carbocycles. The van der Waals surface area contributed by atoms with Gasteiger partial charge in [0.15, 0.2) is 90.3 Å². The number of pyridine rings is 5. The first-order valence-electron chi connectivity index (χ1n) is 39.5. The molecule has 10 heterocycles. The van der Waals surface area contributed by atoms with Crippen molar-refractivity contribution in [2.45, 2.75) is 116 Å². The molecule has 10 aromatic heterocycles. The summed E-state index contributed by atoms with van der Waals surface area (Å²) in [7, 11) is 9.99. The van der Waals surface area contributed by atoms with Crippen molar-refractivity contribution in [3.8, 4) is 84.7 Å². The molecule has 0 saturated heterocycles. The van der Waals surface area contributed by atoms with Gasteiger partial charge in [-0.2, -0.15) is 45.7 Å². The van der Waals surface area contributed by atoms with Crippen LogP contribution < -0.4 is 45.7 Å². The number of fused-ring (bicyclic) bond motifs is 2. The van der Waals surface area contributed by atoms with Gasteiger partial charge < -0.3 is 22.1 Å². The summed E-state index contributed by atoms with van der Waals surface area (Å²) < 4.78 is 48.1. The van der Waals surface area contributed by atoms with Crippen molar-refractivity contribution in [1.29, 1.82) is 0 Å². The summed E-state index contributed by atoms with van der Waals surface area (Å²) >= 11 is 0. The van der Waals surface area contributed by atoms with Crippen LogP contribution in [-0.4, -0.2) is 0 Å². The third kappa shape index (κ3) is 16.8. The Hall–Kier alpha value is -13.7. The minimum atomic E-state index is 0.0402. The fourth-order valence-electron chi connectivity index (χ4n) is 15.9. The Morgan fingerprint density at radius 1 is 0.325 bits per heavy atom. The number of hydrogen-bond acceptors (Lipinski definition) is 5. The van der Waals surface area contributed by atoms with Crippen LogP contribution in [0.15, 0.2) is 292 Å². The van der Waals surface area contributed by atoms with Gasteiger partial charge in [-0.25, -0.2) is 4.85 Å². The van der Waals surface area contributed by atoms with Crippen molar-refractivity contribution in [3.05, 3.63) is 360 Å². The van der Waals surface area contributed by atoms with Gasteiger partial charge in [0.05, 0.1) is 28.8 Å². The van der Waals surface area contributed by atoms with E-state index in [2.05, 4.69) is 315 Å². The summed E-state index contributed by atoms with van der Waals surface area (Å²) in [4.78, 5) is 3.62. The molecule has 0 bridgehead atoms. The fourth-order valence-corrected chi connectivity index (χ4v) is 15.9. The van der Waals surface area contributed by atoms with E-state index < -0.39 is 0 Å². The number of para-hydroxylation sites is 1. The van der Waals surface area contributed by atoms with Crippen molar-refractivity contribution in [1.82, 2.24) is 0 Å². The van der Waals surface area contributed by atoms with Crippen molar-refractivity contribution < 1.29 is 67.8 Å². The molecule has 7 aromatic carbocycles. The molecule has 0 spiro atoms. The Morgan fingerprint density at radius 3 is 1.21 bits per heavy atom. The largest absolute Gasteiger partial charge is 0.412 e. The Balaban J connectivity index is 0.000000127. The first kappa shape index (κ1) is 81.4. The van der Waals surface area contributed by atoms with Crippen LogP contribution in [0.1, 0.15) is 99.3 Å². The number of oxazole rings is 5. The number of benzene rings is 7. The molecule has 0 fully saturated rings. The zero-order chi connectivity index (χ0) is 83.3. The SMILES string of the molecule is Cc1c(-[n+]2ccccc2C)cc2ccccc2c1-c1coc[n+]1C.Cc1c(-c2coc[n+]2C)cc(C(C)(C)C)cc1-[n+]1c(C)ccc2ccccc21.Cc1cc(-c2coc[n+]2C)c(C)c(-[n+]2ccccc2C)c1.Cc1cc(C)c(-[n+]2ccccc2C)c(C)c1-c1coc[n+]1C.[C-]#[N+]c1cc(-c2coc[n+]2C)c(C)c(-[n+]2ccccc2C)c1. The zero-order valence-electron chi connectivity index (χ0n) is 71.4. The second-order valence-electron chi connectivity index (χ2n) is 31.6. The first-order valence-corrected chi connectivity index (χ1v) is 39.5. The third-order valence-corrected chi connectivity index (χ3v) is 22.3. The van der Waals surface area contributed by atoms with Crippen LogP contribution in [-0.2, 0) is 40.7 Å². The zero-order valence-corrected chi connectivity index (χ0v) is 71.4. The first-order chi connectivity index (χ1) is 56.1. The lowest BCUT2D eigenvalue weighted by atomic mass is 9.84. The molecule has 586 valence electrons. The van der Waals surface area contributed by atoms with Gasteiger partial charge in [0, 0.05) is 164 Å². The Morgan fingerprint density at radius 2 is 0.735 bits per heavy atom. The second kappa shape index (κ2) is 34.6. The maximum atomic E-state index is 7.39. The Kier molecular flexibility index (Phi) is 24.1. The third-order valence-electron chi connectivity index (χ3n) is 22.3. The van der Waals surface area contributed by atoms with Crippen LogP contribution in [0.25, 0.3) is 111 Å². The van der Waals surface area contributed by atoms with Crippen molar-refractivity contribution >= 4 is 27.4 Å². The maximum Gasteiger partial charge on any atom is 0.334 e. The van der Waals surface area contributed by atoms with Gasteiger partial charge in [-0.3, -0.25) is 0 Å². The lowest BCUT2D eigenvalue weighted by molar-refractivity contribution is -0.664. The monoisotopic (exact) mass is 1550 g/mol. The van der Waals surface area contributed by atoms with Crippen LogP contribution in [0, 0.1) is 96.6 Å². The van der Waals surface area contributed by atoms with Gasteiger partial charge in [0.2, 0.25) is 39.6 Å². The van der Waals surface area contributed by atoms with Crippen LogP contribution >= 0.6 is 0 Å². The molecule has 0 saturated carbocycles. The van der Waals surface area contributed by atoms with Gasteiger partial charge in [-0.15, -0.1) is 0 Å². The van der Waals surface area contributed by atoms with E-state index in [1.807, 2.05) is 107 Å². The summed E-state index contributed by atoms with van der Waals surface area (Å²) in [5.74, 6) is 0. The molecule has 0 atom stereocenters. The fraction of sp³-hybridized carbons (Fsp3) is 0.218. The van der Waals surface area contributed by atoms with E-state index in [1.54, 1.807) is 44.5 Å². The molecular formula is C101H107N11O5+10. The molecule has 0 aliphatic rings. The maximum absolute atomic E-state index is 7.39. The molecular weight excluding hydrogens is 1450 g/mol. The number of aromatic nitrogens is 10. The normalized spacial score (nSPS) is 11.1. The molecule has 16 heteroatoms. The second-order valence-corrected chi connectivity index (χ2v) is 31.6. The summed E-state index contributed by atoms with van der Waals surface area (Å²) in [6.45, 7) is 42.1. The highest BCUT2D eigenvalue weighted by Gasteiger charge is 2.32. The molecule has 0 N–H and O–H groups in total. The van der Waals surface area contributed by atoms with Gasteiger partial charge >= 0.3 is 32.0 Å². The topological polar surface area (TPSA) is 109 Å². The predicted octanol–water partition coefficient (Wildman–Crippen LogP) is 18.4. The molecule has 117 heavy (non-hydrogen) atoms.